The minimum atomic E-state index is -0.935. The molecule has 4 heterocycles. The fourth-order valence-corrected chi connectivity index (χ4v) is 3.76. The van der Waals surface area contributed by atoms with E-state index in [1.54, 1.807) is 17.0 Å². The molecule has 0 saturated carbocycles. The van der Waals surface area contributed by atoms with Crippen molar-refractivity contribution >= 4 is 22.8 Å². The van der Waals surface area contributed by atoms with E-state index in [1.165, 1.54) is 6.42 Å². The number of fused-ring (bicyclic) bond motifs is 1. The molecule has 1 N–H and O–H groups in total. The molecule has 7 nitrogen and oxygen atoms in total. The van der Waals surface area contributed by atoms with Gasteiger partial charge >= 0.3 is 5.97 Å². The molecule has 1 unspecified atom stereocenters. The van der Waals surface area contributed by atoms with Crippen LogP contribution in [-0.4, -0.2) is 51.4 Å². The largest absolute Gasteiger partial charge is 0.477 e. The van der Waals surface area contributed by atoms with Gasteiger partial charge in [0.15, 0.2) is 0 Å². The minimum absolute atomic E-state index is 0.0621. The predicted octanol–water partition coefficient (Wildman–Crippen LogP) is 2.30. The van der Waals surface area contributed by atoms with Crippen LogP contribution in [0.1, 0.15) is 42.6 Å². The molecule has 7 heteroatoms. The number of aromatic nitrogens is 3. The molecule has 0 aromatic carbocycles. The second-order valence-electron chi connectivity index (χ2n) is 6.56. The van der Waals surface area contributed by atoms with Gasteiger partial charge in [0.25, 0.3) is 0 Å². The highest BCUT2D eigenvalue weighted by atomic mass is 16.5. The smallest absolute Gasteiger partial charge is 0.352 e. The fraction of sp³-hybridized carbons (Fsp3) is 0.588. The zero-order valence-corrected chi connectivity index (χ0v) is 13.6. The first-order valence-electron chi connectivity index (χ1n) is 8.68. The zero-order valence-electron chi connectivity index (χ0n) is 13.6. The highest BCUT2D eigenvalue weighted by molar-refractivity contribution is 5.97. The molecule has 2 saturated heterocycles. The van der Waals surface area contributed by atoms with Crippen LogP contribution in [0.5, 0.6) is 0 Å². The monoisotopic (exact) mass is 330 g/mol. The third-order valence-electron chi connectivity index (χ3n) is 4.95. The number of hydrogen-bond acceptors (Lipinski definition) is 5. The molecular weight excluding hydrogens is 308 g/mol. The minimum Gasteiger partial charge on any atom is -0.477 e. The molecule has 0 bridgehead atoms. The van der Waals surface area contributed by atoms with Gasteiger partial charge < -0.3 is 19.3 Å². The second-order valence-corrected chi connectivity index (χ2v) is 6.56. The molecule has 128 valence electrons. The van der Waals surface area contributed by atoms with Crippen molar-refractivity contribution in [3.8, 4) is 0 Å². The molecule has 1 atom stereocenters. The van der Waals surface area contributed by atoms with E-state index in [4.69, 9.17) is 4.74 Å². The average Bonchev–Trinajstić information content (AvgIpc) is 3.24. The van der Waals surface area contributed by atoms with Crippen LogP contribution in [0.2, 0.25) is 0 Å². The molecule has 0 radical (unpaired) electrons. The van der Waals surface area contributed by atoms with Crippen molar-refractivity contribution in [1.82, 2.24) is 14.5 Å². The Morgan fingerprint density at radius 3 is 2.79 bits per heavy atom. The summed E-state index contributed by atoms with van der Waals surface area (Å²) in [6.45, 7) is 3.21. The van der Waals surface area contributed by atoms with Gasteiger partial charge in [0.2, 0.25) is 0 Å². The quantitative estimate of drug-likeness (QED) is 0.926. The lowest BCUT2D eigenvalue weighted by molar-refractivity contribution is 0.0672. The molecule has 0 spiro atoms. The van der Waals surface area contributed by atoms with E-state index in [0.717, 1.165) is 56.6 Å². The van der Waals surface area contributed by atoms with Crippen LogP contribution in [0.25, 0.3) is 11.0 Å². The normalized spacial score (nSPS) is 21.5. The van der Waals surface area contributed by atoms with Crippen LogP contribution >= 0.6 is 0 Å². The summed E-state index contributed by atoms with van der Waals surface area (Å²) in [5, 5.41) is 10.4. The Morgan fingerprint density at radius 1 is 1.25 bits per heavy atom. The number of ether oxygens (including phenoxy) is 1. The zero-order chi connectivity index (χ0) is 16.5. The van der Waals surface area contributed by atoms with Crippen molar-refractivity contribution in [2.75, 3.05) is 24.6 Å². The van der Waals surface area contributed by atoms with Crippen LogP contribution < -0.4 is 4.90 Å². The number of nitrogens with zero attached hydrogens (tertiary/aromatic N) is 4. The lowest BCUT2D eigenvalue weighted by Gasteiger charge is -2.28. The van der Waals surface area contributed by atoms with Gasteiger partial charge in [0.05, 0.1) is 18.0 Å². The van der Waals surface area contributed by atoms with E-state index < -0.39 is 5.97 Å². The number of aromatic carboxylic acids is 1. The van der Waals surface area contributed by atoms with Crippen LogP contribution in [-0.2, 0) is 11.3 Å². The Hall–Kier alpha value is -2.15. The maximum Gasteiger partial charge on any atom is 0.352 e. The third kappa shape index (κ3) is 2.73. The van der Waals surface area contributed by atoms with Crippen molar-refractivity contribution in [3.63, 3.8) is 0 Å². The fourth-order valence-electron chi connectivity index (χ4n) is 3.76. The maximum atomic E-state index is 11.7. The number of anilines is 1. The van der Waals surface area contributed by atoms with E-state index in [9.17, 15) is 9.90 Å². The SMILES string of the molecule is O=C(O)c1cc2c(N3CCCCC3)ncnc2n1CC1CCCO1. The van der Waals surface area contributed by atoms with Crippen molar-refractivity contribution in [2.24, 2.45) is 0 Å². The van der Waals surface area contributed by atoms with Gasteiger partial charge in [-0.1, -0.05) is 0 Å². The van der Waals surface area contributed by atoms with E-state index >= 15 is 0 Å². The number of carbonyl (C=O) groups is 1. The first-order valence-corrected chi connectivity index (χ1v) is 8.68. The molecule has 0 aliphatic carbocycles. The van der Waals surface area contributed by atoms with Crippen LogP contribution in [0.4, 0.5) is 5.82 Å². The lowest BCUT2D eigenvalue weighted by Crippen LogP contribution is -2.30. The first-order chi connectivity index (χ1) is 11.7. The molecule has 4 rings (SSSR count). The van der Waals surface area contributed by atoms with Gasteiger partial charge in [-0.2, -0.15) is 0 Å². The maximum absolute atomic E-state index is 11.7. The topological polar surface area (TPSA) is 80.5 Å². The number of hydrogen-bond donors (Lipinski definition) is 1. The number of rotatable bonds is 4. The molecule has 2 aromatic rings. The molecule has 2 aromatic heterocycles. The van der Waals surface area contributed by atoms with Crippen LogP contribution in [0.15, 0.2) is 12.4 Å². The van der Waals surface area contributed by atoms with Gasteiger partial charge in [0.1, 0.15) is 23.5 Å². The highest BCUT2D eigenvalue weighted by Crippen LogP contribution is 2.29. The number of carboxylic acid groups (broad SMARTS) is 1. The predicted molar refractivity (Wildman–Crippen MR) is 89.5 cm³/mol. The summed E-state index contributed by atoms with van der Waals surface area (Å²) in [5.74, 6) is -0.0797. The van der Waals surface area contributed by atoms with Gasteiger partial charge in [-0.25, -0.2) is 14.8 Å². The summed E-state index contributed by atoms with van der Waals surface area (Å²) in [6.07, 6.45) is 7.13. The third-order valence-corrected chi connectivity index (χ3v) is 4.95. The second kappa shape index (κ2) is 6.39. The van der Waals surface area contributed by atoms with Gasteiger partial charge in [-0.15, -0.1) is 0 Å². The lowest BCUT2D eigenvalue weighted by atomic mass is 10.1. The first kappa shape index (κ1) is 15.4. The Bertz CT molecular complexity index is 746. The Labute approximate surface area is 140 Å². The van der Waals surface area contributed by atoms with E-state index in [1.807, 2.05) is 0 Å². The van der Waals surface area contributed by atoms with E-state index in [2.05, 4.69) is 14.9 Å². The molecule has 0 amide bonds. The van der Waals surface area contributed by atoms with E-state index in [-0.39, 0.29) is 11.8 Å². The molecule has 2 aliphatic heterocycles. The van der Waals surface area contributed by atoms with Crippen LogP contribution in [0.3, 0.4) is 0 Å². The Kier molecular flexibility index (Phi) is 4.10. The molecule has 2 aliphatic rings. The van der Waals surface area contributed by atoms with E-state index in [0.29, 0.717) is 12.2 Å². The highest BCUT2D eigenvalue weighted by Gasteiger charge is 2.25. The summed E-state index contributed by atoms with van der Waals surface area (Å²) in [6, 6.07) is 1.72. The number of piperidine rings is 1. The summed E-state index contributed by atoms with van der Waals surface area (Å²) >= 11 is 0. The Balaban J connectivity index is 1.78. The summed E-state index contributed by atoms with van der Waals surface area (Å²) in [5.41, 5.74) is 0.956. The van der Waals surface area contributed by atoms with Gasteiger partial charge in [-0.3, -0.25) is 0 Å². The van der Waals surface area contributed by atoms with Gasteiger partial charge in [0, 0.05) is 19.7 Å². The average molecular weight is 330 g/mol. The molecule has 2 fully saturated rings. The summed E-state index contributed by atoms with van der Waals surface area (Å²) in [7, 11) is 0. The van der Waals surface area contributed by atoms with Crippen LogP contribution in [0, 0.1) is 0 Å². The summed E-state index contributed by atoms with van der Waals surface area (Å²) in [4.78, 5) is 22.8. The van der Waals surface area contributed by atoms with Crippen molar-refractivity contribution in [3.05, 3.63) is 18.1 Å². The standard InChI is InChI=1S/C17H22N4O3/c22-17(23)14-9-13-15(20-6-2-1-3-7-20)18-11-19-16(13)21(14)10-12-5-4-8-24-12/h9,11-12H,1-8,10H2,(H,22,23). The molecular formula is C17H22N4O3. The Morgan fingerprint density at radius 2 is 2.08 bits per heavy atom. The van der Waals surface area contributed by atoms with Gasteiger partial charge in [-0.05, 0) is 38.2 Å². The summed E-state index contributed by atoms with van der Waals surface area (Å²) < 4.78 is 7.47. The van der Waals surface area contributed by atoms with Crippen molar-refractivity contribution in [1.29, 1.82) is 0 Å². The van der Waals surface area contributed by atoms with Crippen molar-refractivity contribution in [2.45, 2.75) is 44.8 Å². The molecule has 24 heavy (non-hydrogen) atoms. The number of carboxylic acids is 1. The van der Waals surface area contributed by atoms with Crippen molar-refractivity contribution < 1.29 is 14.6 Å².